The summed E-state index contributed by atoms with van der Waals surface area (Å²) >= 11 is 0. The van der Waals surface area contributed by atoms with Gasteiger partial charge >= 0.3 is 0 Å². The second kappa shape index (κ2) is 6.17. The second-order valence-corrected chi connectivity index (χ2v) is 4.91. The highest BCUT2D eigenvalue weighted by molar-refractivity contribution is 5.30. The molecule has 0 saturated carbocycles. The van der Waals surface area contributed by atoms with Crippen molar-refractivity contribution in [2.45, 2.75) is 52.6 Å². The van der Waals surface area contributed by atoms with E-state index in [2.05, 4.69) is 18.7 Å². The fourth-order valence-electron chi connectivity index (χ4n) is 2.17. The van der Waals surface area contributed by atoms with E-state index >= 15 is 0 Å². The molecule has 0 bridgehead atoms. The predicted octanol–water partition coefficient (Wildman–Crippen LogP) is 4.16. The Hall–Kier alpha value is -1.12. The SMILES string of the molecule is C=C/C=C(\C)C1OC(C)(C)O[C@H]1C(/C=C\C)=C/C. The number of rotatable bonds is 4. The first-order chi connectivity index (χ1) is 8.45. The van der Waals surface area contributed by atoms with E-state index in [0.717, 1.165) is 11.1 Å². The standard InChI is InChI=1S/C16H24O2/c1-7-10-12(4)14-15(13(9-3)11-8-2)18-16(5,6)17-14/h7-11,14-15H,1H2,2-6H3/b11-8-,12-10+,13-9+/t14?,15-/m0/s1. The first-order valence-corrected chi connectivity index (χ1v) is 6.39. The van der Waals surface area contributed by atoms with E-state index in [4.69, 9.17) is 9.47 Å². The molecule has 18 heavy (non-hydrogen) atoms. The molecule has 1 rings (SSSR count). The highest BCUT2D eigenvalue weighted by Crippen LogP contribution is 2.35. The average molecular weight is 248 g/mol. The summed E-state index contributed by atoms with van der Waals surface area (Å²) in [5, 5.41) is 0. The van der Waals surface area contributed by atoms with Crippen LogP contribution in [0.15, 0.2) is 48.1 Å². The van der Waals surface area contributed by atoms with Gasteiger partial charge in [0, 0.05) is 0 Å². The zero-order valence-electron chi connectivity index (χ0n) is 12.1. The third-order valence-corrected chi connectivity index (χ3v) is 2.95. The first-order valence-electron chi connectivity index (χ1n) is 6.39. The van der Waals surface area contributed by atoms with Crippen LogP contribution in [-0.4, -0.2) is 18.0 Å². The van der Waals surface area contributed by atoms with Crippen LogP contribution in [0, 0.1) is 0 Å². The zero-order chi connectivity index (χ0) is 13.8. The summed E-state index contributed by atoms with van der Waals surface area (Å²) in [6.07, 6.45) is 9.82. The van der Waals surface area contributed by atoms with E-state index in [1.54, 1.807) is 6.08 Å². The van der Waals surface area contributed by atoms with Crippen molar-refractivity contribution in [3.05, 3.63) is 48.1 Å². The topological polar surface area (TPSA) is 18.5 Å². The summed E-state index contributed by atoms with van der Waals surface area (Å²) in [5.41, 5.74) is 2.27. The van der Waals surface area contributed by atoms with Gasteiger partial charge in [-0.2, -0.15) is 0 Å². The molecule has 0 aromatic carbocycles. The zero-order valence-corrected chi connectivity index (χ0v) is 12.1. The number of allylic oxidation sites excluding steroid dienone is 4. The minimum atomic E-state index is -0.554. The molecule has 0 aromatic rings. The van der Waals surface area contributed by atoms with Crippen LogP contribution >= 0.6 is 0 Å². The van der Waals surface area contributed by atoms with Gasteiger partial charge in [-0.1, -0.05) is 37.0 Å². The summed E-state index contributed by atoms with van der Waals surface area (Å²) in [7, 11) is 0. The lowest BCUT2D eigenvalue weighted by atomic mass is 9.98. The van der Waals surface area contributed by atoms with Gasteiger partial charge in [0.25, 0.3) is 0 Å². The molecule has 2 heteroatoms. The fraction of sp³-hybridized carbons (Fsp3) is 0.500. The van der Waals surface area contributed by atoms with Gasteiger partial charge in [0.2, 0.25) is 0 Å². The molecule has 0 N–H and O–H groups in total. The molecule has 1 heterocycles. The fourth-order valence-corrected chi connectivity index (χ4v) is 2.17. The molecule has 0 aliphatic carbocycles. The molecule has 0 radical (unpaired) electrons. The van der Waals surface area contributed by atoms with Crippen molar-refractivity contribution in [1.29, 1.82) is 0 Å². The highest BCUT2D eigenvalue weighted by atomic mass is 16.7. The molecule has 1 aliphatic heterocycles. The molecule has 1 unspecified atom stereocenters. The Kier molecular flexibility index (Phi) is 5.12. The van der Waals surface area contributed by atoms with Crippen molar-refractivity contribution < 1.29 is 9.47 Å². The molecule has 1 aliphatic rings. The normalized spacial score (nSPS) is 28.9. The van der Waals surface area contributed by atoms with Crippen LogP contribution in [0.3, 0.4) is 0 Å². The number of hydrogen-bond acceptors (Lipinski definition) is 2. The third-order valence-electron chi connectivity index (χ3n) is 2.95. The Morgan fingerprint density at radius 2 is 1.78 bits per heavy atom. The molecule has 1 fully saturated rings. The van der Waals surface area contributed by atoms with Crippen LogP contribution in [0.2, 0.25) is 0 Å². The van der Waals surface area contributed by atoms with Crippen LogP contribution in [0.25, 0.3) is 0 Å². The van der Waals surface area contributed by atoms with Crippen LogP contribution in [-0.2, 0) is 9.47 Å². The molecular formula is C16H24O2. The minimum absolute atomic E-state index is 0.0552. The molecule has 0 spiro atoms. The summed E-state index contributed by atoms with van der Waals surface area (Å²) in [4.78, 5) is 0. The first kappa shape index (κ1) is 14.9. The molecule has 0 amide bonds. The summed E-state index contributed by atoms with van der Waals surface area (Å²) in [5.74, 6) is -0.554. The Morgan fingerprint density at radius 3 is 2.28 bits per heavy atom. The predicted molar refractivity (Wildman–Crippen MR) is 76.4 cm³/mol. The monoisotopic (exact) mass is 248 g/mol. The van der Waals surface area contributed by atoms with Gasteiger partial charge < -0.3 is 9.47 Å². The summed E-state index contributed by atoms with van der Waals surface area (Å²) in [6, 6.07) is 0. The van der Waals surface area contributed by atoms with Gasteiger partial charge in [-0.25, -0.2) is 0 Å². The smallest absolute Gasteiger partial charge is 0.164 e. The van der Waals surface area contributed by atoms with Crippen molar-refractivity contribution in [1.82, 2.24) is 0 Å². The maximum atomic E-state index is 6.02. The minimum Gasteiger partial charge on any atom is -0.340 e. The van der Waals surface area contributed by atoms with E-state index in [-0.39, 0.29) is 12.2 Å². The Morgan fingerprint density at radius 1 is 1.17 bits per heavy atom. The van der Waals surface area contributed by atoms with Crippen LogP contribution < -0.4 is 0 Å². The lowest BCUT2D eigenvalue weighted by Crippen LogP contribution is -2.25. The van der Waals surface area contributed by atoms with Gasteiger partial charge in [0.05, 0.1) is 0 Å². The van der Waals surface area contributed by atoms with Gasteiger partial charge in [0.1, 0.15) is 12.2 Å². The van der Waals surface area contributed by atoms with Crippen molar-refractivity contribution in [2.75, 3.05) is 0 Å². The van der Waals surface area contributed by atoms with Crippen molar-refractivity contribution in [3.63, 3.8) is 0 Å². The quantitative estimate of drug-likeness (QED) is 0.695. The lowest BCUT2D eigenvalue weighted by Gasteiger charge is -2.18. The van der Waals surface area contributed by atoms with E-state index in [1.807, 2.05) is 46.8 Å². The van der Waals surface area contributed by atoms with E-state index in [9.17, 15) is 0 Å². The summed E-state index contributed by atoms with van der Waals surface area (Å²) < 4.78 is 12.0. The average Bonchev–Trinajstić information content (AvgIpc) is 2.62. The van der Waals surface area contributed by atoms with Gasteiger partial charge in [-0.3, -0.25) is 0 Å². The Bertz CT molecular complexity index is 386. The van der Waals surface area contributed by atoms with E-state index in [1.165, 1.54) is 0 Å². The number of hydrogen-bond donors (Lipinski definition) is 0. The third kappa shape index (κ3) is 3.44. The van der Waals surface area contributed by atoms with E-state index in [0.29, 0.717) is 0 Å². The molecular weight excluding hydrogens is 224 g/mol. The largest absolute Gasteiger partial charge is 0.340 e. The van der Waals surface area contributed by atoms with Gasteiger partial charge in [0.15, 0.2) is 5.79 Å². The van der Waals surface area contributed by atoms with Crippen LogP contribution in [0.1, 0.15) is 34.6 Å². The Balaban J connectivity index is 3.06. The van der Waals surface area contributed by atoms with Gasteiger partial charge in [-0.05, 0) is 45.8 Å². The van der Waals surface area contributed by atoms with Crippen molar-refractivity contribution >= 4 is 0 Å². The van der Waals surface area contributed by atoms with Crippen LogP contribution in [0.5, 0.6) is 0 Å². The molecule has 1 saturated heterocycles. The maximum Gasteiger partial charge on any atom is 0.164 e. The summed E-state index contributed by atoms with van der Waals surface area (Å²) in [6.45, 7) is 13.7. The van der Waals surface area contributed by atoms with Gasteiger partial charge in [-0.15, -0.1) is 0 Å². The van der Waals surface area contributed by atoms with E-state index < -0.39 is 5.79 Å². The number of ether oxygens (including phenoxy) is 2. The lowest BCUT2D eigenvalue weighted by molar-refractivity contribution is -0.140. The van der Waals surface area contributed by atoms with Crippen molar-refractivity contribution in [3.8, 4) is 0 Å². The highest BCUT2D eigenvalue weighted by Gasteiger charge is 2.42. The molecule has 2 nitrogen and oxygen atoms in total. The molecule has 0 aromatic heterocycles. The molecule has 100 valence electrons. The second-order valence-electron chi connectivity index (χ2n) is 4.91. The maximum absolute atomic E-state index is 6.02. The van der Waals surface area contributed by atoms with Crippen LogP contribution in [0.4, 0.5) is 0 Å². The van der Waals surface area contributed by atoms with Crippen molar-refractivity contribution in [2.24, 2.45) is 0 Å². The Labute approximate surface area is 111 Å². The molecule has 2 atom stereocenters.